The zero-order valence-electron chi connectivity index (χ0n) is 11.6. The zero-order chi connectivity index (χ0) is 13.7. The minimum atomic E-state index is 0.721. The summed E-state index contributed by atoms with van der Waals surface area (Å²) in [6.07, 6.45) is 0. The van der Waals surface area contributed by atoms with Crippen molar-refractivity contribution >= 4 is 11.8 Å². The first-order valence-electron chi connectivity index (χ1n) is 6.36. The molecule has 102 valence electrons. The Kier molecular flexibility index (Phi) is 4.91. The first-order valence-corrected chi connectivity index (χ1v) is 7.52. The van der Waals surface area contributed by atoms with E-state index >= 15 is 0 Å². The van der Waals surface area contributed by atoms with Gasteiger partial charge in [-0.25, -0.2) is 0 Å². The van der Waals surface area contributed by atoms with Gasteiger partial charge in [-0.2, -0.15) is 11.8 Å². The van der Waals surface area contributed by atoms with E-state index < -0.39 is 0 Å². The lowest BCUT2D eigenvalue weighted by atomic mass is 10.2. The van der Waals surface area contributed by atoms with E-state index in [0.717, 1.165) is 35.3 Å². The van der Waals surface area contributed by atoms with E-state index in [1.807, 2.05) is 43.8 Å². The molecule has 0 aliphatic carbocycles. The van der Waals surface area contributed by atoms with Crippen LogP contribution in [0.1, 0.15) is 22.6 Å². The van der Waals surface area contributed by atoms with E-state index in [-0.39, 0.29) is 0 Å². The fourth-order valence-electron chi connectivity index (χ4n) is 1.81. The number of thioether (sulfide) groups is 1. The summed E-state index contributed by atoms with van der Waals surface area (Å²) in [6, 6.07) is 8.09. The van der Waals surface area contributed by atoms with Crippen molar-refractivity contribution in [1.29, 1.82) is 0 Å². The maximum atomic E-state index is 5.76. The van der Waals surface area contributed by atoms with Gasteiger partial charge in [-0.1, -0.05) is 23.4 Å². The lowest BCUT2D eigenvalue weighted by molar-refractivity contribution is 0.341. The SMILES string of the molecule is Cc1ccccc1OCCSCc1c(C)noc1C. The van der Waals surface area contributed by atoms with E-state index in [4.69, 9.17) is 9.26 Å². The lowest BCUT2D eigenvalue weighted by Gasteiger charge is -2.08. The Labute approximate surface area is 118 Å². The van der Waals surface area contributed by atoms with Crippen molar-refractivity contribution in [2.75, 3.05) is 12.4 Å². The average molecular weight is 277 g/mol. The lowest BCUT2D eigenvalue weighted by Crippen LogP contribution is -2.01. The third-order valence-electron chi connectivity index (χ3n) is 3.01. The Bertz CT molecular complexity index is 517. The minimum absolute atomic E-state index is 0.721. The Morgan fingerprint density at radius 3 is 2.68 bits per heavy atom. The molecule has 0 N–H and O–H groups in total. The molecule has 0 fully saturated rings. The van der Waals surface area contributed by atoms with Crippen molar-refractivity contribution in [3.05, 3.63) is 46.8 Å². The van der Waals surface area contributed by atoms with Gasteiger partial charge < -0.3 is 9.26 Å². The molecule has 0 amide bonds. The fraction of sp³-hybridized carbons (Fsp3) is 0.400. The number of hydrogen-bond donors (Lipinski definition) is 0. The molecule has 0 atom stereocenters. The molecule has 2 rings (SSSR count). The number of rotatable bonds is 6. The molecule has 4 heteroatoms. The monoisotopic (exact) mass is 277 g/mol. The average Bonchev–Trinajstić information content (AvgIpc) is 2.72. The van der Waals surface area contributed by atoms with Gasteiger partial charge in [0.1, 0.15) is 11.5 Å². The Morgan fingerprint density at radius 1 is 1.21 bits per heavy atom. The number of aromatic nitrogens is 1. The van der Waals surface area contributed by atoms with Gasteiger partial charge in [0.15, 0.2) is 0 Å². The summed E-state index contributed by atoms with van der Waals surface area (Å²) in [5.74, 6) is 3.78. The van der Waals surface area contributed by atoms with Crippen molar-refractivity contribution in [3.63, 3.8) is 0 Å². The maximum absolute atomic E-state index is 5.76. The van der Waals surface area contributed by atoms with Gasteiger partial charge in [-0.15, -0.1) is 0 Å². The normalized spacial score (nSPS) is 10.7. The second-order valence-corrected chi connectivity index (χ2v) is 5.57. The second kappa shape index (κ2) is 6.66. The highest BCUT2D eigenvalue weighted by Gasteiger charge is 2.08. The van der Waals surface area contributed by atoms with E-state index in [1.165, 1.54) is 11.1 Å². The first-order chi connectivity index (χ1) is 9.18. The van der Waals surface area contributed by atoms with E-state index in [0.29, 0.717) is 0 Å². The largest absolute Gasteiger partial charge is 0.492 e. The molecule has 0 radical (unpaired) electrons. The number of aryl methyl sites for hydroxylation is 3. The molecule has 0 bridgehead atoms. The van der Waals surface area contributed by atoms with Crippen LogP contribution in [0.25, 0.3) is 0 Å². The molecule has 2 aromatic rings. The van der Waals surface area contributed by atoms with Crippen LogP contribution in [-0.2, 0) is 5.75 Å². The smallest absolute Gasteiger partial charge is 0.137 e. The summed E-state index contributed by atoms with van der Waals surface area (Å²) < 4.78 is 10.9. The van der Waals surface area contributed by atoms with Gasteiger partial charge in [0.2, 0.25) is 0 Å². The molecule has 0 saturated heterocycles. The summed E-state index contributed by atoms with van der Waals surface area (Å²) in [5, 5.41) is 3.95. The van der Waals surface area contributed by atoms with Crippen molar-refractivity contribution in [3.8, 4) is 5.75 Å². The minimum Gasteiger partial charge on any atom is -0.492 e. The molecular formula is C15H19NO2S. The molecule has 3 nitrogen and oxygen atoms in total. The number of benzene rings is 1. The topological polar surface area (TPSA) is 35.3 Å². The quantitative estimate of drug-likeness (QED) is 0.750. The zero-order valence-corrected chi connectivity index (χ0v) is 12.4. The standard InChI is InChI=1S/C15H19NO2S/c1-11-6-4-5-7-15(11)17-8-9-19-10-14-12(2)16-18-13(14)3/h4-7H,8-10H2,1-3H3. The highest BCUT2D eigenvalue weighted by Crippen LogP contribution is 2.20. The molecular weight excluding hydrogens is 258 g/mol. The molecule has 0 spiro atoms. The third-order valence-corrected chi connectivity index (χ3v) is 3.95. The summed E-state index contributed by atoms with van der Waals surface area (Å²) in [4.78, 5) is 0. The highest BCUT2D eigenvalue weighted by molar-refractivity contribution is 7.98. The van der Waals surface area contributed by atoms with Crippen LogP contribution in [-0.4, -0.2) is 17.5 Å². The first kappa shape index (κ1) is 14.0. The van der Waals surface area contributed by atoms with Crippen LogP contribution in [0.4, 0.5) is 0 Å². The van der Waals surface area contributed by atoms with Gasteiger partial charge in [-0.3, -0.25) is 0 Å². The molecule has 0 unspecified atom stereocenters. The summed E-state index contributed by atoms with van der Waals surface area (Å²) in [5.41, 5.74) is 3.38. The third kappa shape index (κ3) is 3.77. The Morgan fingerprint density at radius 2 is 2.00 bits per heavy atom. The molecule has 0 saturated carbocycles. The molecule has 0 aliphatic heterocycles. The van der Waals surface area contributed by atoms with Crippen LogP contribution in [0.5, 0.6) is 5.75 Å². The van der Waals surface area contributed by atoms with E-state index in [9.17, 15) is 0 Å². The Hall–Kier alpha value is -1.42. The second-order valence-electron chi connectivity index (χ2n) is 4.47. The van der Waals surface area contributed by atoms with Crippen LogP contribution >= 0.6 is 11.8 Å². The predicted octanol–water partition coefficient (Wildman–Crippen LogP) is 3.91. The summed E-state index contributed by atoms with van der Waals surface area (Å²) in [7, 11) is 0. The van der Waals surface area contributed by atoms with E-state index in [2.05, 4.69) is 18.1 Å². The fourth-order valence-corrected chi connectivity index (χ4v) is 2.77. The highest BCUT2D eigenvalue weighted by atomic mass is 32.2. The van der Waals surface area contributed by atoms with Gasteiger partial charge in [0.05, 0.1) is 12.3 Å². The van der Waals surface area contributed by atoms with Crippen LogP contribution in [0.15, 0.2) is 28.8 Å². The van der Waals surface area contributed by atoms with Crippen LogP contribution in [0.3, 0.4) is 0 Å². The predicted molar refractivity (Wildman–Crippen MR) is 78.8 cm³/mol. The van der Waals surface area contributed by atoms with Crippen LogP contribution < -0.4 is 4.74 Å². The molecule has 1 aromatic heterocycles. The van der Waals surface area contributed by atoms with Crippen molar-refractivity contribution in [1.82, 2.24) is 5.16 Å². The Balaban J connectivity index is 1.72. The molecule has 19 heavy (non-hydrogen) atoms. The van der Waals surface area contributed by atoms with Gasteiger partial charge >= 0.3 is 0 Å². The number of hydrogen-bond acceptors (Lipinski definition) is 4. The summed E-state index contributed by atoms with van der Waals surface area (Å²) >= 11 is 1.84. The van der Waals surface area contributed by atoms with Gasteiger partial charge in [-0.05, 0) is 32.4 Å². The maximum Gasteiger partial charge on any atom is 0.137 e. The van der Waals surface area contributed by atoms with E-state index in [1.54, 1.807) is 0 Å². The van der Waals surface area contributed by atoms with Crippen molar-refractivity contribution in [2.24, 2.45) is 0 Å². The number of ether oxygens (including phenoxy) is 1. The van der Waals surface area contributed by atoms with Gasteiger partial charge in [0, 0.05) is 17.1 Å². The number of para-hydroxylation sites is 1. The van der Waals surface area contributed by atoms with Crippen LogP contribution in [0.2, 0.25) is 0 Å². The number of nitrogens with zero attached hydrogens (tertiary/aromatic N) is 1. The molecule has 1 heterocycles. The summed E-state index contributed by atoms with van der Waals surface area (Å²) in [6.45, 7) is 6.72. The van der Waals surface area contributed by atoms with Crippen molar-refractivity contribution < 1.29 is 9.26 Å². The van der Waals surface area contributed by atoms with Crippen LogP contribution in [0, 0.1) is 20.8 Å². The molecule has 1 aromatic carbocycles. The van der Waals surface area contributed by atoms with Crippen molar-refractivity contribution in [2.45, 2.75) is 26.5 Å². The molecule has 0 aliphatic rings. The van der Waals surface area contributed by atoms with Gasteiger partial charge in [0.25, 0.3) is 0 Å².